The first kappa shape index (κ1) is 28.9. The average molecular weight is 603 g/mol. The standard InChI is InChI=1S/C24H19Cl4N3O5S/c1-13-9-16(25)10-14(2)21(13)30-22(32)15-3-8-20(19(11-15)31(34)35)37-18-6-4-17(5-7-18)29-23(33)36-12-24(26,27)28/h3-11H,12H2,1-2H3,(H,29,33)(H,30,32). The Kier molecular flexibility index (Phi) is 9.55. The van der Waals surface area contributed by atoms with E-state index in [4.69, 9.17) is 51.1 Å². The van der Waals surface area contributed by atoms with E-state index in [-0.39, 0.29) is 11.3 Å². The average Bonchev–Trinajstić information content (AvgIpc) is 2.81. The third-order valence-electron chi connectivity index (χ3n) is 4.85. The molecule has 0 radical (unpaired) electrons. The fourth-order valence-corrected chi connectivity index (χ4v) is 4.61. The number of ether oxygens (including phenoxy) is 1. The number of rotatable bonds is 7. The van der Waals surface area contributed by atoms with E-state index < -0.39 is 27.3 Å². The number of hydrogen-bond acceptors (Lipinski definition) is 6. The number of carbonyl (C=O) groups excluding carboxylic acids is 2. The van der Waals surface area contributed by atoms with E-state index in [1.54, 1.807) is 36.4 Å². The van der Waals surface area contributed by atoms with Crippen LogP contribution < -0.4 is 10.6 Å². The van der Waals surface area contributed by atoms with Crippen molar-refractivity contribution in [3.63, 3.8) is 0 Å². The van der Waals surface area contributed by atoms with Crippen molar-refractivity contribution in [2.24, 2.45) is 0 Å². The molecule has 13 heteroatoms. The van der Waals surface area contributed by atoms with Gasteiger partial charge in [-0.3, -0.25) is 20.2 Å². The lowest BCUT2D eigenvalue weighted by Crippen LogP contribution is -2.21. The molecule has 0 saturated carbocycles. The zero-order valence-electron chi connectivity index (χ0n) is 19.3. The maximum Gasteiger partial charge on any atom is 0.411 e. The molecule has 8 nitrogen and oxygen atoms in total. The largest absolute Gasteiger partial charge is 0.445 e. The molecule has 2 amide bonds. The maximum atomic E-state index is 12.8. The molecule has 0 spiro atoms. The summed E-state index contributed by atoms with van der Waals surface area (Å²) in [5, 5.41) is 17.6. The summed E-state index contributed by atoms with van der Waals surface area (Å²) in [6, 6.07) is 14.2. The molecule has 0 aromatic heterocycles. The lowest BCUT2D eigenvalue weighted by atomic mass is 10.1. The van der Waals surface area contributed by atoms with Crippen molar-refractivity contribution in [3.05, 3.63) is 86.4 Å². The van der Waals surface area contributed by atoms with Gasteiger partial charge in [0.15, 0.2) is 0 Å². The molecule has 0 aliphatic heterocycles. The summed E-state index contributed by atoms with van der Waals surface area (Å²) in [7, 11) is 0. The van der Waals surface area contributed by atoms with Gasteiger partial charge in [-0.1, -0.05) is 58.2 Å². The van der Waals surface area contributed by atoms with Crippen LogP contribution in [0.25, 0.3) is 0 Å². The van der Waals surface area contributed by atoms with E-state index in [0.29, 0.717) is 26.2 Å². The number of alkyl halides is 3. The zero-order chi connectivity index (χ0) is 27.3. The highest BCUT2D eigenvalue weighted by molar-refractivity contribution is 7.99. The number of halogens is 4. The van der Waals surface area contributed by atoms with Crippen molar-refractivity contribution in [3.8, 4) is 0 Å². The molecule has 3 aromatic carbocycles. The van der Waals surface area contributed by atoms with Gasteiger partial charge in [-0.25, -0.2) is 4.79 Å². The number of hydrogen-bond donors (Lipinski definition) is 2. The molecule has 0 unspecified atom stereocenters. The van der Waals surface area contributed by atoms with Gasteiger partial charge in [0.05, 0.1) is 9.82 Å². The van der Waals surface area contributed by atoms with Crippen molar-refractivity contribution in [2.75, 3.05) is 17.2 Å². The molecule has 0 saturated heterocycles. The van der Waals surface area contributed by atoms with Gasteiger partial charge < -0.3 is 10.1 Å². The van der Waals surface area contributed by atoms with Crippen LogP contribution in [-0.4, -0.2) is 27.3 Å². The lowest BCUT2D eigenvalue weighted by Gasteiger charge is -2.13. The third kappa shape index (κ3) is 8.41. The molecule has 0 bridgehead atoms. The van der Waals surface area contributed by atoms with Crippen LogP contribution in [0, 0.1) is 24.0 Å². The Hall–Kier alpha value is -2.69. The van der Waals surface area contributed by atoms with E-state index in [0.717, 1.165) is 22.9 Å². The minimum absolute atomic E-state index is 0.137. The molecule has 0 aliphatic rings. The molecule has 37 heavy (non-hydrogen) atoms. The highest BCUT2D eigenvalue weighted by atomic mass is 35.6. The highest BCUT2D eigenvalue weighted by Crippen LogP contribution is 2.36. The van der Waals surface area contributed by atoms with Gasteiger partial charge in [-0.2, -0.15) is 0 Å². The van der Waals surface area contributed by atoms with E-state index in [2.05, 4.69) is 10.6 Å². The van der Waals surface area contributed by atoms with Crippen LogP contribution in [-0.2, 0) is 4.74 Å². The summed E-state index contributed by atoms with van der Waals surface area (Å²) >= 11 is 23.8. The molecule has 0 heterocycles. The van der Waals surface area contributed by atoms with E-state index >= 15 is 0 Å². The third-order valence-corrected chi connectivity index (χ3v) is 6.47. The minimum atomic E-state index is -1.73. The van der Waals surface area contributed by atoms with Crippen LogP contribution in [0.3, 0.4) is 0 Å². The van der Waals surface area contributed by atoms with Crippen molar-refractivity contribution in [1.29, 1.82) is 0 Å². The second-order valence-corrected chi connectivity index (χ2v) is 11.8. The highest BCUT2D eigenvalue weighted by Gasteiger charge is 2.22. The smallest absolute Gasteiger partial charge is 0.411 e. The lowest BCUT2D eigenvalue weighted by molar-refractivity contribution is -0.387. The monoisotopic (exact) mass is 601 g/mol. The molecular formula is C24H19Cl4N3O5S. The number of nitro benzene ring substituents is 1. The fraction of sp³-hybridized carbons (Fsp3) is 0.167. The molecule has 0 aliphatic carbocycles. The summed E-state index contributed by atoms with van der Waals surface area (Å²) in [5.74, 6) is -0.481. The van der Waals surface area contributed by atoms with E-state index in [1.807, 2.05) is 13.8 Å². The summed E-state index contributed by atoms with van der Waals surface area (Å²) in [6.07, 6.45) is -0.805. The van der Waals surface area contributed by atoms with Gasteiger partial charge in [-0.15, -0.1) is 0 Å². The van der Waals surface area contributed by atoms with Crippen LogP contribution in [0.1, 0.15) is 21.5 Å². The van der Waals surface area contributed by atoms with E-state index in [1.165, 1.54) is 18.2 Å². The van der Waals surface area contributed by atoms with Gasteiger partial charge in [0.1, 0.15) is 6.61 Å². The van der Waals surface area contributed by atoms with Crippen molar-refractivity contribution in [1.82, 2.24) is 0 Å². The van der Waals surface area contributed by atoms with Gasteiger partial charge in [-0.05, 0) is 73.5 Å². The second-order valence-electron chi connectivity index (χ2n) is 7.75. The molecule has 0 atom stereocenters. The normalized spacial score (nSPS) is 11.1. The molecule has 3 rings (SSSR count). The SMILES string of the molecule is Cc1cc(Cl)cc(C)c1NC(=O)c1ccc(Sc2ccc(NC(=O)OCC(Cl)(Cl)Cl)cc2)c([N+](=O)[O-])c1. The minimum Gasteiger partial charge on any atom is -0.445 e. The second kappa shape index (κ2) is 12.2. The van der Waals surface area contributed by atoms with Crippen LogP contribution in [0.15, 0.2) is 64.4 Å². The maximum absolute atomic E-state index is 12.8. The van der Waals surface area contributed by atoms with Gasteiger partial charge in [0, 0.05) is 32.9 Å². The Labute approximate surface area is 236 Å². The Morgan fingerprint density at radius 3 is 2.19 bits per heavy atom. The predicted octanol–water partition coefficient (Wildman–Crippen LogP) is 8.19. The molecule has 194 valence electrons. The summed E-state index contributed by atoms with van der Waals surface area (Å²) in [4.78, 5) is 36.8. The number of benzene rings is 3. The number of nitrogens with one attached hydrogen (secondary N) is 2. The van der Waals surface area contributed by atoms with Gasteiger partial charge >= 0.3 is 6.09 Å². The number of amides is 2. The Morgan fingerprint density at radius 2 is 1.62 bits per heavy atom. The Bertz CT molecular complexity index is 1320. The summed E-state index contributed by atoms with van der Waals surface area (Å²) < 4.78 is 3.07. The molecular weight excluding hydrogens is 584 g/mol. The van der Waals surface area contributed by atoms with Crippen molar-refractivity contribution in [2.45, 2.75) is 27.4 Å². The van der Waals surface area contributed by atoms with Crippen LogP contribution in [0.5, 0.6) is 0 Å². The number of aryl methyl sites for hydroxylation is 2. The first-order valence-electron chi connectivity index (χ1n) is 10.5. The van der Waals surface area contributed by atoms with E-state index in [9.17, 15) is 19.7 Å². The first-order valence-corrected chi connectivity index (χ1v) is 12.8. The quantitative estimate of drug-likeness (QED) is 0.160. The van der Waals surface area contributed by atoms with Crippen LogP contribution in [0.2, 0.25) is 5.02 Å². The zero-order valence-corrected chi connectivity index (χ0v) is 23.2. The molecule has 2 N–H and O–H groups in total. The van der Waals surface area contributed by atoms with Crippen molar-refractivity contribution < 1.29 is 19.2 Å². The Balaban J connectivity index is 1.72. The van der Waals surface area contributed by atoms with Gasteiger partial charge in [0.25, 0.3) is 11.6 Å². The molecule has 0 fully saturated rings. The molecule has 3 aromatic rings. The Morgan fingerprint density at radius 1 is 1.00 bits per heavy atom. The van der Waals surface area contributed by atoms with Gasteiger partial charge in [0.2, 0.25) is 3.79 Å². The fourth-order valence-electron chi connectivity index (χ4n) is 3.22. The topological polar surface area (TPSA) is 111 Å². The first-order chi connectivity index (χ1) is 17.3. The van der Waals surface area contributed by atoms with Crippen LogP contribution in [0.4, 0.5) is 21.9 Å². The predicted molar refractivity (Wildman–Crippen MR) is 148 cm³/mol. The van der Waals surface area contributed by atoms with Crippen molar-refractivity contribution >= 4 is 87.2 Å². The number of nitro groups is 1. The number of nitrogens with zero attached hydrogens (tertiary/aromatic N) is 1. The summed E-state index contributed by atoms with van der Waals surface area (Å²) in [6.45, 7) is 3.20. The number of carbonyl (C=O) groups is 2. The number of anilines is 2. The van der Waals surface area contributed by atoms with Crippen LogP contribution >= 0.6 is 58.2 Å². The summed E-state index contributed by atoms with van der Waals surface area (Å²) in [5.41, 5.74) is 2.47.